The van der Waals surface area contributed by atoms with Gasteiger partial charge in [-0.2, -0.15) is 0 Å². The van der Waals surface area contributed by atoms with Crippen molar-refractivity contribution in [3.05, 3.63) is 17.4 Å². The lowest BCUT2D eigenvalue weighted by atomic mass is 10.0. The molecule has 0 radical (unpaired) electrons. The smallest absolute Gasteiger partial charge is 0.231 e. The van der Waals surface area contributed by atoms with Crippen molar-refractivity contribution in [2.75, 3.05) is 13.9 Å². The van der Waals surface area contributed by atoms with Gasteiger partial charge in [-0.1, -0.05) is 0 Å². The maximum absolute atomic E-state index is 13.8. The van der Waals surface area contributed by atoms with Crippen molar-refractivity contribution in [3.8, 4) is 17.2 Å². The average Bonchev–Trinajstić information content (AvgIpc) is 2.84. The second-order valence-corrected chi connectivity index (χ2v) is 4.64. The molecule has 1 aromatic rings. The second kappa shape index (κ2) is 3.50. The molecule has 0 amide bonds. The molecule has 2 aliphatic rings. The van der Waals surface area contributed by atoms with E-state index in [2.05, 4.69) is 0 Å². The number of ether oxygens (including phenoxy) is 3. The van der Waals surface area contributed by atoms with E-state index in [0.29, 0.717) is 23.5 Å². The summed E-state index contributed by atoms with van der Waals surface area (Å²) in [6.07, 6.45) is 2.45. The third-order valence-electron chi connectivity index (χ3n) is 3.29. The number of halogens is 1. The van der Waals surface area contributed by atoms with E-state index in [1.165, 1.54) is 13.2 Å². The van der Waals surface area contributed by atoms with Gasteiger partial charge in [-0.25, -0.2) is 4.39 Å². The molecule has 4 nitrogen and oxygen atoms in total. The molecule has 1 aromatic carbocycles. The molecule has 1 aliphatic heterocycles. The highest BCUT2D eigenvalue weighted by Gasteiger charge is 2.41. The Balaban J connectivity index is 2.09. The minimum atomic E-state index is -0.434. The first-order valence-electron chi connectivity index (χ1n) is 5.57. The van der Waals surface area contributed by atoms with E-state index in [0.717, 1.165) is 12.8 Å². The van der Waals surface area contributed by atoms with E-state index < -0.39 is 5.82 Å². The number of rotatable bonds is 3. The number of benzene rings is 1. The van der Waals surface area contributed by atoms with Crippen LogP contribution in [0.25, 0.3) is 0 Å². The van der Waals surface area contributed by atoms with Gasteiger partial charge in [0.1, 0.15) is 0 Å². The zero-order valence-electron chi connectivity index (χ0n) is 9.59. The van der Waals surface area contributed by atoms with Crippen molar-refractivity contribution in [3.63, 3.8) is 0 Å². The van der Waals surface area contributed by atoms with Gasteiger partial charge in [0.15, 0.2) is 23.1 Å². The Morgan fingerprint density at radius 1 is 1.47 bits per heavy atom. The van der Waals surface area contributed by atoms with E-state index in [-0.39, 0.29) is 18.1 Å². The maximum Gasteiger partial charge on any atom is 0.231 e. The molecular formula is C12H14FNO3. The Morgan fingerprint density at radius 2 is 2.24 bits per heavy atom. The summed E-state index contributed by atoms with van der Waals surface area (Å²) >= 11 is 0. The average molecular weight is 239 g/mol. The summed E-state index contributed by atoms with van der Waals surface area (Å²) in [5.74, 6) is 0.782. The highest BCUT2D eigenvalue weighted by Crippen LogP contribution is 2.47. The lowest BCUT2D eigenvalue weighted by Crippen LogP contribution is -2.25. The molecule has 0 aromatic heterocycles. The van der Waals surface area contributed by atoms with Gasteiger partial charge in [-0.15, -0.1) is 0 Å². The molecule has 0 unspecified atom stereocenters. The standard InChI is InChI=1S/C12H14FNO3/c1-15-10-7(5-12(14)2-3-12)11-9(4-8(10)13)16-6-17-11/h4H,2-3,5-6,14H2,1H3. The number of hydrogen-bond acceptors (Lipinski definition) is 4. The first-order chi connectivity index (χ1) is 8.13. The summed E-state index contributed by atoms with van der Waals surface area (Å²) in [5, 5.41) is 0. The van der Waals surface area contributed by atoms with Crippen LogP contribution in [0.4, 0.5) is 4.39 Å². The summed E-state index contributed by atoms with van der Waals surface area (Å²) < 4.78 is 29.5. The first-order valence-corrected chi connectivity index (χ1v) is 5.57. The van der Waals surface area contributed by atoms with Crippen LogP contribution in [0, 0.1) is 5.82 Å². The summed E-state index contributed by atoms with van der Waals surface area (Å²) in [4.78, 5) is 0. The summed E-state index contributed by atoms with van der Waals surface area (Å²) in [5.41, 5.74) is 6.52. The van der Waals surface area contributed by atoms with Gasteiger partial charge in [-0.05, 0) is 19.3 Å². The fourth-order valence-corrected chi connectivity index (χ4v) is 2.13. The highest BCUT2D eigenvalue weighted by molar-refractivity contribution is 5.56. The molecule has 5 heteroatoms. The predicted octanol–water partition coefficient (Wildman–Crippen LogP) is 1.60. The van der Waals surface area contributed by atoms with Crippen LogP contribution >= 0.6 is 0 Å². The molecule has 92 valence electrons. The molecule has 0 bridgehead atoms. The van der Waals surface area contributed by atoms with Gasteiger partial charge in [0.05, 0.1) is 7.11 Å². The number of nitrogens with two attached hydrogens (primary N) is 1. The van der Waals surface area contributed by atoms with Crippen molar-refractivity contribution < 1.29 is 18.6 Å². The van der Waals surface area contributed by atoms with Crippen molar-refractivity contribution >= 4 is 0 Å². The van der Waals surface area contributed by atoms with E-state index in [1.807, 2.05) is 0 Å². The molecule has 3 rings (SSSR count). The molecule has 2 N–H and O–H groups in total. The number of methoxy groups -OCH3 is 1. The van der Waals surface area contributed by atoms with Gasteiger partial charge in [-0.3, -0.25) is 0 Å². The van der Waals surface area contributed by atoms with Crippen molar-refractivity contribution in [2.45, 2.75) is 24.8 Å². The quantitative estimate of drug-likeness (QED) is 0.870. The minimum Gasteiger partial charge on any atom is -0.493 e. The Bertz CT molecular complexity index is 468. The normalized spacial score (nSPS) is 19.2. The zero-order valence-corrected chi connectivity index (χ0v) is 9.59. The summed E-state index contributed by atoms with van der Waals surface area (Å²) in [6, 6.07) is 1.29. The minimum absolute atomic E-state index is 0.118. The fourth-order valence-electron chi connectivity index (χ4n) is 2.13. The Morgan fingerprint density at radius 3 is 2.88 bits per heavy atom. The van der Waals surface area contributed by atoms with Crippen molar-refractivity contribution in [1.82, 2.24) is 0 Å². The van der Waals surface area contributed by atoms with E-state index in [4.69, 9.17) is 19.9 Å². The second-order valence-electron chi connectivity index (χ2n) is 4.64. The zero-order chi connectivity index (χ0) is 12.0. The van der Waals surface area contributed by atoms with Crippen LogP contribution in [0.3, 0.4) is 0 Å². The van der Waals surface area contributed by atoms with Crippen molar-refractivity contribution in [1.29, 1.82) is 0 Å². The highest BCUT2D eigenvalue weighted by atomic mass is 19.1. The van der Waals surface area contributed by atoms with Gasteiger partial charge < -0.3 is 19.9 Å². The van der Waals surface area contributed by atoms with E-state index in [9.17, 15) is 4.39 Å². The van der Waals surface area contributed by atoms with E-state index >= 15 is 0 Å². The predicted molar refractivity (Wildman–Crippen MR) is 58.9 cm³/mol. The third kappa shape index (κ3) is 1.70. The number of hydrogen-bond donors (Lipinski definition) is 1. The van der Waals surface area contributed by atoms with E-state index in [1.54, 1.807) is 0 Å². The molecule has 1 heterocycles. The van der Waals surface area contributed by atoms with Gasteiger partial charge >= 0.3 is 0 Å². The van der Waals surface area contributed by atoms with Crippen LogP contribution in [0.1, 0.15) is 18.4 Å². The van der Waals surface area contributed by atoms with Crippen LogP contribution in [-0.2, 0) is 6.42 Å². The van der Waals surface area contributed by atoms with Crippen molar-refractivity contribution in [2.24, 2.45) is 5.73 Å². The first kappa shape index (κ1) is 10.7. The molecular weight excluding hydrogens is 225 g/mol. The Labute approximate surface area is 98.5 Å². The summed E-state index contributed by atoms with van der Waals surface area (Å²) in [7, 11) is 1.44. The largest absolute Gasteiger partial charge is 0.493 e. The Kier molecular flexibility index (Phi) is 2.19. The molecule has 1 aliphatic carbocycles. The molecule has 17 heavy (non-hydrogen) atoms. The fraction of sp³-hybridized carbons (Fsp3) is 0.500. The molecule has 1 fully saturated rings. The topological polar surface area (TPSA) is 53.7 Å². The van der Waals surface area contributed by atoms with Gasteiger partial charge in [0.2, 0.25) is 6.79 Å². The van der Waals surface area contributed by atoms with Crippen LogP contribution in [0.15, 0.2) is 6.07 Å². The molecule has 0 spiro atoms. The van der Waals surface area contributed by atoms with Crippen LogP contribution < -0.4 is 19.9 Å². The van der Waals surface area contributed by atoms with Gasteiger partial charge in [0.25, 0.3) is 0 Å². The van der Waals surface area contributed by atoms with Gasteiger partial charge in [0, 0.05) is 17.2 Å². The number of fused-ring (bicyclic) bond motifs is 1. The molecule has 1 saturated carbocycles. The molecule has 0 atom stereocenters. The maximum atomic E-state index is 13.8. The van der Waals surface area contributed by atoms with Crippen LogP contribution in [-0.4, -0.2) is 19.4 Å². The van der Waals surface area contributed by atoms with Crippen LogP contribution in [0.5, 0.6) is 17.2 Å². The Hall–Kier alpha value is -1.49. The summed E-state index contributed by atoms with van der Waals surface area (Å²) in [6.45, 7) is 0.118. The SMILES string of the molecule is COc1c(F)cc2c(c1CC1(N)CC1)OCO2. The molecule has 0 saturated heterocycles. The lowest BCUT2D eigenvalue weighted by Gasteiger charge is -2.15. The monoisotopic (exact) mass is 239 g/mol. The van der Waals surface area contributed by atoms with Crippen LogP contribution in [0.2, 0.25) is 0 Å². The third-order valence-corrected chi connectivity index (χ3v) is 3.29. The lowest BCUT2D eigenvalue weighted by molar-refractivity contribution is 0.173.